The second-order valence-electron chi connectivity index (χ2n) is 6.35. The number of halogens is 2. The van der Waals surface area contributed by atoms with Crippen LogP contribution in [-0.2, 0) is 6.54 Å². The average Bonchev–Trinajstić information content (AvgIpc) is 2.46. The van der Waals surface area contributed by atoms with Crippen LogP contribution in [0.15, 0.2) is 24.3 Å². The Kier molecular flexibility index (Phi) is 6.12. The van der Waals surface area contributed by atoms with Crippen molar-refractivity contribution in [2.75, 3.05) is 19.6 Å². The van der Waals surface area contributed by atoms with E-state index in [4.69, 9.17) is 0 Å². The number of alkyl halides is 2. The molecule has 1 saturated heterocycles. The number of rotatable bonds is 6. The van der Waals surface area contributed by atoms with Gasteiger partial charge >= 0.3 is 0 Å². The summed E-state index contributed by atoms with van der Waals surface area (Å²) in [6.07, 6.45) is 0.0704. The van der Waals surface area contributed by atoms with Gasteiger partial charge in [0.25, 0.3) is 6.43 Å². The summed E-state index contributed by atoms with van der Waals surface area (Å²) in [6.45, 7) is 8.27. The van der Waals surface area contributed by atoms with Gasteiger partial charge in [0.15, 0.2) is 0 Å². The van der Waals surface area contributed by atoms with E-state index in [0.717, 1.165) is 31.7 Å². The molecule has 0 saturated carbocycles. The Bertz CT molecular complexity index is 435. The number of likely N-dealkylation sites (tertiary alicyclic amines) is 1. The van der Waals surface area contributed by atoms with Crippen LogP contribution in [0.2, 0.25) is 0 Å². The fourth-order valence-electron chi connectivity index (χ4n) is 2.95. The minimum Gasteiger partial charge on any atom is -0.314 e. The molecule has 0 radical (unpaired) electrons. The quantitative estimate of drug-likeness (QED) is 0.858. The molecule has 1 aliphatic heterocycles. The van der Waals surface area contributed by atoms with Crippen LogP contribution in [0.1, 0.15) is 44.2 Å². The summed E-state index contributed by atoms with van der Waals surface area (Å²) in [5.74, 6) is 0.666. The van der Waals surface area contributed by atoms with E-state index in [-0.39, 0.29) is 5.56 Å². The monoisotopic (exact) mass is 296 g/mol. The van der Waals surface area contributed by atoms with E-state index in [1.165, 1.54) is 18.9 Å². The number of nitrogens with one attached hydrogen (secondary N) is 1. The third-order valence-electron chi connectivity index (χ3n) is 4.03. The SMILES string of the molecule is CC(C)NCC1CCCN(Cc2cccc(C(F)F)c2)C1. The zero-order chi connectivity index (χ0) is 15.2. The zero-order valence-electron chi connectivity index (χ0n) is 13.0. The van der Waals surface area contributed by atoms with Crippen LogP contribution in [0.4, 0.5) is 8.78 Å². The normalized spacial score (nSPS) is 20.4. The first kappa shape index (κ1) is 16.4. The zero-order valence-corrected chi connectivity index (χ0v) is 13.0. The van der Waals surface area contributed by atoms with Crippen molar-refractivity contribution >= 4 is 0 Å². The predicted molar refractivity (Wildman–Crippen MR) is 82.5 cm³/mol. The molecule has 0 bridgehead atoms. The molecule has 21 heavy (non-hydrogen) atoms. The van der Waals surface area contributed by atoms with E-state index in [2.05, 4.69) is 24.1 Å². The minimum absolute atomic E-state index is 0.127. The predicted octanol–water partition coefficient (Wildman–Crippen LogP) is 3.83. The van der Waals surface area contributed by atoms with Crippen LogP contribution in [0.25, 0.3) is 0 Å². The van der Waals surface area contributed by atoms with E-state index < -0.39 is 6.43 Å². The lowest BCUT2D eigenvalue weighted by Gasteiger charge is -2.33. The number of hydrogen-bond acceptors (Lipinski definition) is 2. The summed E-state index contributed by atoms with van der Waals surface area (Å²) in [6, 6.07) is 7.34. The van der Waals surface area contributed by atoms with Gasteiger partial charge in [-0.3, -0.25) is 4.90 Å². The molecule has 1 aliphatic rings. The van der Waals surface area contributed by atoms with Crippen LogP contribution in [0.3, 0.4) is 0 Å². The second-order valence-corrected chi connectivity index (χ2v) is 6.35. The van der Waals surface area contributed by atoms with Crippen molar-refractivity contribution in [2.45, 2.75) is 45.7 Å². The second kappa shape index (κ2) is 7.85. The van der Waals surface area contributed by atoms with Gasteiger partial charge in [0.05, 0.1) is 0 Å². The summed E-state index contributed by atoms with van der Waals surface area (Å²) in [5, 5.41) is 3.50. The fraction of sp³-hybridized carbons (Fsp3) is 0.647. The molecule has 4 heteroatoms. The molecule has 118 valence electrons. The molecule has 1 heterocycles. The van der Waals surface area contributed by atoms with Crippen molar-refractivity contribution in [3.05, 3.63) is 35.4 Å². The maximum absolute atomic E-state index is 12.7. The molecule has 0 aliphatic carbocycles. The van der Waals surface area contributed by atoms with Gasteiger partial charge in [-0.15, -0.1) is 0 Å². The summed E-state index contributed by atoms with van der Waals surface area (Å²) in [4.78, 5) is 2.39. The first-order valence-electron chi connectivity index (χ1n) is 7.87. The first-order chi connectivity index (χ1) is 10.0. The molecule has 1 aromatic carbocycles. The van der Waals surface area contributed by atoms with Gasteiger partial charge in [-0.05, 0) is 43.5 Å². The highest BCUT2D eigenvalue weighted by atomic mass is 19.3. The van der Waals surface area contributed by atoms with E-state index >= 15 is 0 Å². The van der Waals surface area contributed by atoms with Gasteiger partial charge in [-0.2, -0.15) is 0 Å². The molecule has 1 fully saturated rings. The Hall–Kier alpha value is -1.00. The summed E-state index contributed by atoms with van der Waals surface area (Å²) < 4.78 is 25.5. The van der Waals surface area contributed by atoms with E-state index in [0.29, 0.717) is 12.0 Å². The molecule has 1 atom stereocenters. The van der Waals surface area contributed by atoms with Crippen molar-refractivity contribution in [1.82, 2.24) is 10.2 Å². The molecule has 1 unspecified atom stereocenters. The Morgan fingerprint density at radius 1 is 1.33 bits per heavy atom. The molecule has 2 rings (SSSR count). The molecular weight excluding hydrogens is 270 g/mol. The molecule has 0 spiro atoms. The number of hydrogen-bond donors (Lipinski definition) is 1. The highest BCUT2D eigenvalue weighted by Gasteiger charge is 2.20. The van der Waals surface area contributed by atoms with Crippen LogP contribution >= 0.6 is 0 Å². The minimum atomic E-state index is -2.38. The van der Waals surface area contributed by atoms with Crippen molar-refractivity contribution in [3.8, 4) is 0 Å². The topological polar surface area (TPSA) is 15.3 Å². The van der Waals surface area contributed by atoms with Crippen molar-refractivity contribution in [1.29, 1.82) is 0 Å². The smallest absolute Gasteiger partial charge is 0.263 e. The molecule has 0 amide bonds. The van der Waals surface area contributed by atoms with Crippen molar-refractivity contribution < 1.29 is 8.78 Å². The van der Waals surface area contributed by atoms with Gasteiger partial charge in [0.2, 0.25) is 0 Å². The van der Waals surface area contributed by atoms with E-state index in [1.54, 1.807) is 12.1 Å². The van der Waals surface area contributed by atoms with Gasteiger partial charge in [-0.25, -0.2) is 8.78 Å². The number of benzene rings is 1. The van der Waals surface area contributed by atoms with Crippen molar-refractivity contribution in [2.24, 2.45) is 5.92 Å². The van der Waals surface area contributed by atoms with Crippen LogP contribution in [-0.4, -0.2) is 30.6 Å². The molecular formula is C17H26F2N2. The number of piperidine rings is 1. The average molecular weight is 296 g/mol. The molecule has 1 N–H and O–H groups in total. The Morgan fingerprint density at radius 2 is 2.14 bits per heavy atom. The van der Waals surface area contributed by atoms with Gasteiger partial charge < -0.3 is 5.32 Å². The summed E-state index contributed by atoms with van der Waals surface area (Å²) >= 11 is 0. The number of nitrogens with zero attached hydrogens (tertiary/aromatic N) is 1. The largest absolute Gasteiger partial charge is 0.314 e. The lowest BCUT2D eigenvalue weighted by Crippen LogP contribution is -2.40. The molecule has 2 nitrogen and oxygen atoms in total. The maximum Gasteiger partial charge on any atom is 0.263 e. The first-order valence-corrected chi connectivity index (χ1v) is 7.87. The van der Waals surface area contributed by atoms with Crippen LogP contribution in [0.5, 0.6) is 0 Å². The Labute approximate surface area is 126 Å². The van der Waals surface area contributed by atoms with E-state index in [1.807, 2.05) is 6.07 Å². The highest BCUT2D eigenvalue weighted by Crippen LogP contribution is 2.22. The summed E-state index contributed by atoms with van der Waals surface area (Å²) in [7, 11) is 0. The van der Waals surface area contributed by atoms with Crippen molar-refractivity contribution in [3.63, 3.8) is 0 Å². The van der Waals surface area contributed by atoms with Gasteiger partial charge in [0, 0.05) is 24.7 Å². The molecule has 0 aromatic heterocycles. The lowest BCUT2D eigenvalue weighted by molar-refractivity contribution is 0.150. The summed E-state index contributed by atoms with van der Waals surface area (Å²) in [5.41, 5.74) is 1.12. The Balaban J connectivity index is 1.88. The van der Waals surface area contributed by atoms with E-state index in [9.17, 15) is 8.78 Å². The third kappa shape index (κ3) is 5.36. The van der Waals surface area contributed by atoms with Crippen LogP contribution in [0, 0.1) is 5.92 Å². The maximum atomic E-state index is 12.7. The fourth-order valence-corrected chi connectivity index (χ4v) is 2.95. The van der Waals surface area contributed by atoms with Gasteiger partial charge in [-0.1, -0.05) is 32.0 Å². The lowest BCUT2D eigenvalue weighted by atomic mass is 9.97. The standard InChI is InChI=1S/C17H26F2N2/c1-13(2)20-10-15-6-4-8-21(12-15)11-14-5-3-7-16(9-14)17(18)19/h3,5,7,9,13,15,17,20H,4,6,8,10-12H2,1-2H3. The van der Waals surface area contributed by atoms with Crippen LogP contribution < -0.4 is 5.32 Å². The third-order valence-corrected chi connectivity index (χ3v) is 4.03. The highest BCUT2D eigenvalue weighted by molar-refractivity contribution is 5.24. The molecule has 1 aromatic rings. The Morgan fingerprint density at radius 3 is 2.86 bits per heavy atom. The van der Waals surface area contributed by atoms with Gasteiger partial charge in [0.1, 0.15) is 0 Å².